The number of carbonyl (C=O) groups is 1. The molecule has 8 heteroatoms. The number of hydrogen-bond donors (Lipinski definition) is 1. The average molecular weight is 384 g/mol. The first-order valence-electron chi connectivity index (χ1n) is 9.34. The van der Waals surface area contributed by atoms with Gasteiger partial charge in [-0.1, -0.05) is 6.07 Å². The maximum absolute atomic E-state index is 13.3. The smallest absolute Gasteiger partial charge is 0.311 e. The Morgan fingerprint density at radius 3 is 2.89 bits per heavy atom. The van der Waals surface area contributed by atoms with Gasteiger partial charge in [0.2, 0.25) is 0 Å². The molecular weight excluding hydrogens is 360 g/mol. The SMILES string of the molecule is COc1ccc(C(=O)N(Cc2ccccn2)C2CCCNCC2)cc1[N+](=O)[O-]. The molecule has 1 aromatic carbocycles. The average Bonchev–Trinajstić information content (AvgIpc) is 3.01. The Morgan fingerprint density at radius 2 is 2.18 bits per heavy atom. The molecule has 3 rings (SSSR count). The summed E-state index contributed by atoms with van der Waals surface area (Å²) in [4.78, 5) is 30.3. The highest BCUT2D eigenvalue weighted by molar-refractivity contribution is 5.95. The number of methoxy groups -OCH3 is 1. The predicted molar refractivity (Wildman–Crippen MR) is 104 cm³/mol. The largest absolute Gasteiger partial charge is 0.490 e. The number of nitro groups is 1. The van der Waals surface area contributed by atoms with Crippen LogP contribution in [0, 0.1) is 10.1 Å². The van der Waals surface area contributed by atoms with Gasteiger partial charge in [-0.25, -0.2) is 0 Å². The molecule has 0 saturated carbocycles. The summed E-state index contributed by atoms with van der Waals surface area (Å²) < 4.78 is 5.05. The molecule has 1 saturated heterocycles. The Labute approximate surface area is 163 Å². The molecule has 1 aliphatic rings. The van der Waals surface area contributed by atoms with Gasteiger partial charge >= 0.3 is 5.69 Å². The van der Waals surface area contributed by atoms with E-state index in [9.17, 15) is 14.9 Å². The van der Waals surface area contributed by atoms with Crippen LogP contribution < -0.4 is 10.1 Å². The lowest BCUT2D eigenvalue weighted by Crippen LogP contribution is -2.40. The molecule has 148 valence electrons. The molecule has 8 nitrogen and oxygen atoms in total. The summed E-state index contributed by atoms with van der Waals surface area (Å²) in [6.07, 6.45) is 4.38. The second kappa shape index (κ2) is 9.27. The minimum atomic E-state index is -0.533. The molecule has 2 heterocycles. The lowest BCUT2D eigenvalue weighted by atomic mass is 10.0. The summed E-state index contributed by atoms with van der Waals surface area (Å²) in [5.74, 6) is -0.0974. The van der Waals surface area contributed by atoms with E-state index in [0.29, 0.717) is 6.54 Å². The molecule has 1 unspecified atom stereocenters. The molecule has 0 aliphatic carbocycles. The first-order valence-corrected chi connectivity index (χ1v) is 9.34. The number of aromatic nitrogens is 1. The van der Waals surface area contributed by atoms with E-state index in [1.54, 1.807) is 17.2 Å². The van der Waals surface area contributed by atoms with E-state index in [1.807, 2.05) is 18.2 Å². The second-order valence-electron chi connectivity index (χ2n) is 6.73. The lowest BCUT2D eigenvalue weighted by Gasteiger charge is -2.31. The maximum atomic E-state index is 13.3. The maximum Gasteiger partial charge on any atom is 0.311 e. The van der Waals surface area contributed by atoms with Crippen LogP contribution in [0.2, 0.25) is 0 Å². The summed E-state index contributed by atoms with van der Waals surface area (Å²) in [6.45, 7) is 2.12. The van der Waals surface area contributed by atoms with Crippen molar-refractivity contribution in [2.24, 2.45) is 0 Å². The monoisotopic (exact) mass is 384 g/mol. The zero-order valence-corrected chi connectivity index (χ0v) is 15.8. The van der Waals surface area contributed by atoms with Gasteiger partial charge in [0, 0.05) is 23.9 Å². The highest BCUT2D eigenvalue weighted by Crippen LogP contribution is 2.29. The van der Waals surface area contributed by atoms with E-state index in [-0.39, 0.29) is 28.9 Å². The van der Waals surface area contributed by atoms with Gasteiger partial charge in [0.25, 0.3) is 5.91 Å². The minimum Gasteiger partial charge on any atom is -0.490 e. The third-order valence-electron chi connectivity index (χ3n) is 4.93. The van der Waals surface area contributed by atoms with E-state index in [1.165, 1.54) is 19.2 Å². The number of pyridine rings is 1. The van der Waals surface area contributed by atoms with Crippen LogP contribution in [-0.2, 0) is 6.54 Å². The van der Waals surface area contributed by atoms with Crippen molar-refractivity contribution in [3.8, 4) is 5.75 Å². The summed E-state index contributed by atoms with van der Waals surface area (Å²) >= 11 is 0. The Morgan fingerprint density at radius 1 is 1.32 bits per heavy atom. The highest BCUT2D eigenvalue weighted by Gasteiger charge is 2.28. The number of hydrogen-bond acceptors (Lipinski definition) is 6. The summed E-state index contributed by atoms with van der Waals surface area (Å²) in [5, 5.41) is 14.7. The summed E-state index contributed by atoms with van der Waals surface area (Å²) in [5.41, 5.74) is 0.852. The van der Waals surface area contributed by atoms with Crippen LogP contribution in [0.3, 0.4) is 0 Å². The van der Waals surface area contributed by atoms with Gasteiger partial charge < -0.3 is 15.0 Å². The Balaban J connectivity index is 1.93. The summed E-state index contributed by atoms with van der Waals surface area (Å²) in [7, 11) is 1.37. The standard InChI is InChI=1S/C20H24N4O4/c1-28-19-8-7-15(13-18(19)24(26)27)20(25)23(14-16-5-2-3-11-22-16)17-6-4-10-21-12-9-17/h2-3,5,7-8,11,13,17,21H,4,6,9-10,12,14H2,1H3. The van der Waals surface area contributed by atoms with Crippen molar-refractivity contribution in [2.45, 2.75) is 31.8 Å². The fraction of sp³-hybridized carbons (Fsp3) is 0.400. The molecule has 0 radical (unpaired) electrons. The van der Waals surface area contributed by atoms with Gasteiger partial charge in [-0.05, 0) is 56.6 Å². The molecule has 1 fully saturated rings. The van der Waals surface area contributed by atoms with Gasteiger partial charge in [0.05, 0.1) is 24.3 Å². The van der Waals surface area contributed by atoms with Gasteiger partial charge in [-0.3, -0.25) is 19.9 Å². The first kappa shape index (κ1) is 19.8. The molecule has 1 atom stereocenters. The lowest BCUT2D eigenvalue weighted by molar-refractivity contribution is -0.385. The Kier molecular flexibility index (Phi) is 6.54. The van der Waals surface area contributed by atoms with E-state index < -0.39 is 4.92 Å². The number of nitrogens with one attached hydrogen (secondary N) is 1. The fourth-order valence-electron chi connectivity index (χ4n) is 3.48. The van der Waals surface area contributed by atoms with E-state index in [0.717, 1.165) is 38.0 Å². The number of nitro benzene ring substituents is 1. The van der Waals surface area contributed by atoms with Crippen LogP contribution in [0.15, 0.2) is 42.6 Å². The van der Waals surface area contributed by atoms with Crippen molar-refractivity contribution in [2.75, 3.05) is 20.2 Å². The second-order valence-corrected chi connectivity index (χ2v) is 6.73. The van der Waals surface area contributed by atoms with Crippen molar-refractivity contribution in [3.05, 3.63) is 64.0 Å². The summed E-state index contributed by atoms with van der Waals surface area (Å²) in [6, 6.07) is 9.99. The van der Waals surface area contributed by atoms with Crippen LogP contribution in [0.4, 0.5) is 5.69 Å². The highest BCUT2D eigenvalue weighted by atomic mass is 16.6. The van der Waals surface area contributed by atoms with Crippen molar-refractivity contribution >= 4 is 11.6 Å². The van der Waals surface area contributed by atoms with E-state index in [2.05, 4.69) is 10.3 Å². The molecule has 0 spiro atoms. The zero-order valence-electron chi connectivity index (χ0n) is 15.8. The zero-order chi connectivity index (χ0) is 19.9. The number of rotatable bonds is 6. The van der Waals surface area contributed by atoms with Gasteiger partial charge in [-0.15, -0.1) is 0 Å². The van der Waals surface area contributed by atoms with Gasteiger partial charge in [-0.2, -0.15) is 0 Å². The Bertz CT molecular complexity index is 820. The molecule has 0 bridgehead atoms. The minimum absolute atomic E-state index is 0.0469. The molecule has 1 aliphatic heterocycles. The van der Waals surface area contributed by atoms with Crippen molar-refractivity contribution in [1.29, 1.82) is 0 Å². The fourth-order valence-corrected chi connectivity index (χ4v) is 3.48. The molecule has 1 aromatic heterocycles. The molecule has 1 N–H and O–H groups in total. The number of amides is 1. The quantitative estimate of drug-likeness (QED) is 0.607. The Hall–Kier alpha value is -3.00. The van der Waals surface area contributed by atoms with Crippen LogP contribution in [0.25, 0.3) is 0 Å². The van der Waals surface area contributed by atoms with Crippen LogP contribution in [-0.4, -0.2) is 47.0 Å². The first-order chi connectivity index (χ1) is 13.6. The number of ether oxygens (including phenoxy) is 1. The van der Waals surface area contributed by atoms with Crippen molar-refractivity contribution in [3.63, 3.8) is 0 Å². The number of benzene rings is 1. The van der Waals surface area contributed by atoms with E-state index in [4.69, 9.17) is 4.74 Å². The van der Waals surface area contributed by atoms with Gasteiger partial charge in [0.15, 0.2) is 5.75 Å². The van der Waals surface area contributed by atoms with Crippen molar-refractivity contribution in [1.82, 2.24) is 15.2 Å². The number of nitrogens with zero attached hydrogens (tertiary/aromatic N) is 3. The molecule has 2 aromatic rings. The van der Waals surface area contributed by atoms with Crippen LogP contribution in [0.1, 0.15) is 35.3 Å². The topological polar surface area (TPSA) is 97.6 Å². The van der Waals surface area contributed by atoms with Crippen molar-refractivity contribution < 1.29 is 14.5 Å². The van der Waals surface area contributed by atoms with E-state index >= 15 is 0 Å². The molecule has 28 heavy (non-hydrogen) atoms. The molecule has 1 amide bonds. The third kappa shape index (κ3) is 4.64. The van der Waals surface area contributed by atoms with Gasteiger partial charge in [0.1, 0.15) is 0 Å². The third-order valence-corrected chi connectivity index (χ3v) is 4.93. The molecular formula is C20H24N4O4. The normalized spacial score (nSPS) is 16.8. The predicted octanol–water partition coefficient (Wildman–Crippen LogP) is 2.78. The number of carbonyl (C=O) groups excluding carboxylic acids is 1. The van der Waals surface area contributed by atoms with Crippen LogP contribution >= 0.6 is 0 Å². The van der Waals surface area contributed by atoms with Crippen LogP contribution in [0.5, 0.6) is 5.75 Å².